The van der Waals surface area contributed by atoms with Crippen LogP contribution < -0.4 is 4.90 Å². The van der Waals surface area contributed by atoms with Gasteiger partial charge in [-0.1, -0.05) is 0 Å². The summed E-state index contributed by atoms with van der Waals surface area (Å²) in [7, 11) is 0. The highest BCUT2D eigenvalue weighted by Crippen LogP contribution is 2.26. The van der Waals surface area contributed by atoms with E-state index in [-0.39, 0.29) is 6.10 Å². The SMILES string of the molecule is CCOC1CCCN(c2nc(C)cc(C)c2C(=O)O)C1. The van der Waals surface area contributed by atoms with Crippen molar-refractivity contribution in [3.05, 3.63) is 22.9 Å². The molecule has 0 saturated carbocycles. The number of hydrogen-bond donors (Lipinski definition) is 1. The van der Waals surface area contributed by atoms with Gasteiger partial charge in [-0.15, -0.1) is 0 Å². The number of hydrogen-bond acceptors (Lipinski definition) is 4. The van der Waals surface area contributed by atoms with Gasteiger partial charge < -0.3 is 14.7 Å². The number of carboxylic acid groups (broad SMARTS) is 1. The molecule has 5 heteroatoms. The molecule has 0 aromatic carbocycles. The summed E-state index contributed by atoms with van der Waals surface area (Å²) in [4.78, 5) is 18.0. The van der Waals surface area contributed by atoms with Crippen LogP contribution in [0.3, 0.4) is 0 Å². The number of rotatable bonds is 4. The summed E-state index contributed by atoms with van der Waals surface area (Å²) in [6.07, 6.45) is 2.19. The molecule has 1 N–H and O–H groups in total. The molecule has 2 heterocycles. The fourth-order valence-corrected chi connectivity index (χ4v) is 2.81. The molecule has 1 aliphatic rings. The molecule has 1 aromatic rings. The Labute approximate surface area is 119 Å². The minimum absolute atomic E-state index is 0.165. The van der Waals surface area contributed by atoms with Crippen molar-refractivity contribution >= 4 is 11.8 Å². The van der Waals surface area contributed by atoms with Crippen LogP contribution in [0, 0.1) is 13.8 Å². The zero-order valence-electron chi connectivity index (χ0n) is 12.3. The van der Waals surface area contributed by atoms with Crippen molar-refractivity contribution in [3.63, 3.8) is 0 Å². The lowest BCUT2D eigenvalue weighted by molar-refractivity contribution is 0.0522. The molecule has 0 aliphatic carbocycles. The van der Waals surface area contributed by atoms with E-state index in [1.165, 1.54) is 0 Å². The molecule has 1 aliphatic heterocycles. The third-order valence-corrected chi connectivity index (χ3v) is 3.62. The minimum atomic E-state index is -0.913. The number of aromatic carboxylic acids is 1. The second kappa shape index (κ2) is 6.22. The molecule has 110 valence electrons. The Bertz CT molecular complexity index is 500. The van der Waals surface area contributed by atoms with Crippen LogP contribution in [0.5, 0.6) is 0 Å². The standard InChI is InChI=1S/C15H22N2O3/c1-4-20-12-6-5-7-17(9-12)14-13(15(18)19)10(2)8-11(3)16-14/h8,12H,4-7,9H2,1-3H3,(H,18,19). The summed E-state index contributed by atoms with van der Waals surface area (Å²) in [5, 5.41) is 9.44. The molecular weight excluding hydrogens is 256 g/mol. The van der Waals surface area contributed by atoms with Crippen LogP contribution in [0.25, 0.3) is 0 Å². The quantitative estimate of drug-likeness (QED) is 0.916. The topological polar surface area (TPSA) is 62.7 Å². The average molecular weight is 278 g/mol. The lowest BCUT2D eigenvalue weighted by Crippen LogP contribution is -2.41. The summed E-state index contributed by atoms with van der Waals surface area (Å²) >= 11 is 0. The maximum atomic E-state index is 11.5. The Hall–Kier alpha value is -1.62. The van der Waals surface area contributed by atoms with Gasteiger partial charge in [0.15, 0.2) is 0 Å². The first-order valence-electron chi connectivity index (χ1n) is 7.11. The molecule has 5 nitrogen and oxygen atoms in total. The van der Waals surface area contributed by atoms with Gasteiger partial charge in [0.2, 0.25) is 0 Å². The van der Waals surface area contributed by atoms with Crippen molar-refractivity contribution in [2.24, 2.45) is 0 Å². The van der Waals surface area contributed by atoms with Crippen molar-refractivity contribution in [1.29, 1.82) is 0 Å². The van der Waals surface area contributed by atoms with Crippen LogP contribution in [-0.2, 0) is 4.74 Å². The van der Waals surface area contributed by atoms with E-state index in [4.69, 9.17) is 4.74 Å². The highest BCUT2D eigenvalue weighted by molar-refractivity contribution is 5.95. The molecule has 2 rings (SSSR count). The van der Waals surface area contributed by atoms with Gasteiger partial charge in [0.1, 0.15) is 11.4 Å². The number of piperidine rings is 1. The van der Waals surface area contributed by atoms with E-state index in [0.29, 0.717) is 24.5 Å². The predicted octanol–water partition coefficient (Wildman–Crippen LogP) is 2.40. The molecule has 1 atom stereocenters. The first-order valence-corrected chi connectivity index (χ1v) is 7.11. The lowest BCUT2D eigenvalue weighted by atomic mass is 10.0. The first-order chi connectivity index (χ1) is 9.52. The van der Waals surface area contributed by atoms with E-state index in [0.717, 1.165) is 30.6 Å². The van der Waals surface area contributed by atoms with Crippen LogP contribution in [0.15, 0.2) is 6.07 Å². The highest BCUT2D eigenvalue weighted by Gasteiger charge is 2.26. The number of aromatic nitrogens is 1. The molecule has 20 heavy (non-hydrogen) atoms. The minimum Gasteiger partial charge on any atom is -0.478 e. The van der Waals surface area contributed by atoms with E-state index in [9.17, 15) is 9.90 Å². The van der Waals surface area contributed by atoms with Crippen LogP contribution in [-0.4, -0.2) is 41.9 Å². The van der Waals surface area contributed by atoms with E-state index in [2.05, 4.69) is 4.98 Å². The van der Waals surface area contributed by atoms with Gasteiger partial charge in [-0.25, -0.2) is 9.78 Å². The Morgan fingerprint density at radius 1 is 1.55 bits per heavy atom. The normalized spacial score (nSPS) is 19.1. The molecular formula is C15H22N2O3. The maximum absolute atomic E-state index is 11.5. The fourth-order valence-electron chi connectivity index (χ4n) is 2.81. The fraction of sp³-hybridized carbons (Fsp3) is 0.600. The van der Waals surface area contributed by atoms with Gasteiger partial charge in [-0.05, 0) is 45.2 Å². The molecule has 1 fully saturated rings. The monoisotopic (exact) mass is 278 g/mol. The second-order valence-corrected chi connectivity index (χ2v) is 5.25. The summed E-state index contributed by atoms with van der Waals surface area (Å²) in [5.74, 6) is -0.331. The van der Waals surface area contributed by atoms with Gasteiger partial charge in [-0.2, -0.15) is 0 Å². The van der Waals surface area contributed by atoms with Crippen molar-refractivity contribution < 1.29 is 14.6 Å². The first kappa shape index (κ1) is 14.8. The number of anilines is 1. The van der Waals surface area contributed by atoms with Crippen molar-refractivity contribution in [3.8, 4) is 0 Å². The number of carboxylic acids is 1. The Balaban J connectivity index is 2.33. The van der Waals surface area contributed by atoms with Crippen molar-refractivity contribution in [1.82, 2.24) is 4.98 Å². The van der Waals surface area contributed by atoms with Crippen molar-refractivity contribution in [2.75, 3.05) is 24.6 Å². The van der Waals surface area contributed by atoms with E-state index in [1.54, 1.807) is 0 Å². The number of carbonyl (C=O) groups is 1. The van der Waals surface area contributed by atoms with Gasteiger partial charge in [0.05, 0.1) is 6.10 Å². The average Bonchev–Trinajstić information content (AvgIpc) is 2.38. The third-order valence-electron chi connectivity index (χ3n) is 3.62. The highest BCUT2D eigenvalue weighted by atomic mass is 16.5. The maximum Gasteiger partial charge on any atom is 0.339 e. The second-order valence-electron chi connectivity index (χ2n) is 5.25. The van der Waals surface area contributed by atoms with Crippen LogP contribution in [0.2, 0.25) is 0 Å². The van der Waals surface area contributed by atoms with E-state index < -0.39 is 5.97 Å². The van der Waals surface area contributed by atoms with Gasteiger partial charge in [0, 0.05) is 25.4 Å². The molecule has 1 saturated heterocycles. The Morgan fingerprint density at radius 2 is 2.30 bits per heavy atom. The van der Waals surface area contributed by atoms with Gasteiger partial charge >= 0.3 is 5.97 Å². The smallest absolute Gasteiger partial charge is 0.339 e. The molecule has 0 radical (unpaired) electrons. The Morgan fingerprint density at radius 3 is 2.95 bits per heavy atom. The number of aryl methyl sites for hydroxylation is 2. The Kier molecular flexibility index (Phi) is 4.60. The largest absolute Gasteiger partial charge is 0.478 e. The van der Waals surface area contributed by atoms with Crippen LogP contribution >= 0.6 is 0 Å². The van der Waals surface area contributed by atoms with E-state index in [1.807, 2.05) is 31.7 Å². The molecule has 0 spiro atoms. The predicted molar refractivity (Wildman–Crippen MR) is 77.5 cm³/mol. The zero-order valence-corrected chi connectivity index (χ0v) is 12.3. The summed E-state index contributed by atoms with van der Waals surface area (Å²) in [5.41, 5.74) is 1.92. The molecule has 0 bridgehead atoms. The third kappa shape index (κ3) is 3.10. The molecule has 1 unspecified atom stereocenters. The van der Waals surface area contributed by atoms with E-state index >= 15 is 0 Å². The van der Waals surface area contributed by atoms with Crippen LogP contribution in [0.4, 0.5) is 5.82 Å². The summed E-state index contributed by atoms with van der Waals surface area (Å²) in [6.45, 7) is 7.93. The summed E-state index contributed by atoms with van der Waals surface area (Å²) < 4.78 is 5.68. The summed E-state index contributed by atoms with van der Waals surface area (Å²) in [6, 6.07) is 1.82. The molecule has 1 aromatic heterocycles. The van der Waals surface area contributed by atoms with Crippen LogP contribution in [0.1, 0.15) is 41.4 Å². The van der Waals surface area contributed by atoms with Gasteiger partial charge in [-0.3, -0.25) is 0 Å². The van der Waals surface area contributed by atoms with Gasteiger partial charge in [0.25, 0.3) is 0 Å². The zero-order chi connectivity index (χ0) is 14.7. The lowest BCUT2D eigenvalue weighted by Gasteiger charge is -2.34. The number of nitrogens with zero attached hydrogens (tertiary/aromatic N) is 2. The molecule has 0 amide bonds. The van der Waals surface area contributed by atoms with Crippen molar-refractivity contribution in [2.45, 2.75) is 39.7 Å². The number of pyridine rings is 1. The number of ether oxygens (including phenoxy) is 1.